The van der Waals surface area contributed by atoms with E-state index >= 15 is 0 Å². The molecule has 1 unspecified atom stereocenters. The highest BCUT2D eigenvalue weighted by atomic mass is 79.9. The van der Waals surface area contributed by atoms with Gasteiger partial charge in [-0.05, 0) is 52.5 Å². The predicted molar refractivity (Wildman–Crippen MR) is 69.9 cm³/mol. The third kappa shape index (κ3) is 4.45. The fraction of sp³-hybridized carbons (Fsp3) is 0.462. The number of nitriles is 1. The maximum atomic E-state index is 13.1. The average Bonchev–Trinajstić information content (AvgIpc) is 2.28. The van der Waals surface area contributed by atoms with Crippen LogP contribution < -0.4 is 5.32 Å². The first-order chi connectivity index (χ1) is 8.04. The molecule has 0 aliphatic carbocycles. The number of benzene rings is 1. The van der Waals surface area contributed by atoms with Crippen LogP contribution in [0.1, 0.15) is 31.9 Å². The second-order valence-electron chi connectivity index (χ2n) is 4.37. The third-order valence-corrected chi connectivity index (χ3v) is 3.08. The van der Waals surface area contributed by atoms with Gasteiger partial charge in [0.25, 0.3) is 0 Å². The quantitative estimate of drug-likeness (QED) is 0.898. The van der Waals surface area contributed by atoms with Crippen LogP contribution >= 0.6 is 15.9 Å². The molecule has 0 radical (unpaired) electrons. The van der Waals surface area contributed by atoms with Gasteiger partial charge in [0.15, 0.2) is 0 Å². The molecular weight excluding hydrogens is 283 g/mol. The molecule has 17 heavy (non-hydrogen) atoms. The number of rotatable bonds is 5. The second kappa shape index (κ2) is 6.73. The lowest BCUT2D eigenvalue weighted by Crippen LogP contribution is -2.22. The molecule has 0 heterocycles. The molecule has 0 bridgehead atoms. The summed E-state index contributed by atoms with van der Waals surface area (Å²) in [6.45, 7) is 5.06. The topological polar surface area (TPSA) is 35.8 Å². The Morgan fingerprint density at radius 3 is 2.71 bits per heavy atom. The highest BCUT2D eigenvalue weighted by molar-refractivity contribution is 9.10. The van der Waals surface area contributed by atoms with Gasteiger partial charge >= 0.3 is 0 Å². The first-order valence-corrected chi connectivity index (χ1v) is 6.42. The largest absolute Gasteiger partial charge is 0.298 e. The monoisotopic (exact) mass is 298 g/mol. The van der Waals surface area contributed by atoms with Crippen LogP contribution in [-0.4, -0.2) is 6.54 Å². The van der Waals surface area contributed by atoms with Crippen LogP contribution in [0, 0.1) is 23.1 Å². The molecular formula is C13H16BrFN2. The second-order valence-corrected chi connectivity index (χ2v) is 5.23. The van der Waals surface area contributed by atoms with E-state index in [2.05, 4.69) is 41.2 Å². The SMILES string of the molecule is CC(C)CCNC(C#N)c1ccc(F)c(Br)c1. The summed E-state index contributed by atoms with van der Waals surface area (Å²) in [5.74, 6) is 0.286. The minimum absolute atomic E-state index is 0.312. The van der Waals surface area contributed by atoms with E-state index in [-0.39, 0.29) is 11.9 Å². The lowest BCUT2D eigenvalue weighted by Gasteiger charge is -2.13. The van der Waals surface area contributed by atoms with Crippen molar-refractivity contribution in [2.24, 2.45) is 5.92 Å². The number of nitrogens with one attached hydrogen (secondary N) is 1. The number of nitrogens with zero attached hydrogens (tertiary/aromatic N) is 1. The van der Waals surface area contributed by atoms with Crippen LogP contribution in [0.5, 0.6) is 0 Å². The van der Waals surface area contributed by atoms with Crippen molar-refractivity contribution in [1.82, 2.24) is 5.32 Å². The standard InChI is InChI=1S/C13H16BrFN2/c1-9(2)5-6-17-13(8-16)10-3-4-12(15)11(14)7-10/h3-4,7,9,13,17H,5-6H2,1-2H3. The Morgan fingerprint density at radius 1 is 1.47 bits per heavy atom. The van der Waals surface area contributed by atoms with Gasteiger partial charge in [-0.25, -0.2) is 4.39 Å². The first-order valence-electron chi connectivity index (χ1n) is 5.62. The lowest BCUT2D eigenvalue weighted by atomic mass is 10.1. The molecule has 0 saturated carbocycles. The maximum absolute atomic E-state index is 13.1. The van der Waals surface area contributed by atoms with Crippen LogP contribution in [0.15, 0.2) is 22.7 Å². The van der Waals surface area contributed by atoms with Gasteiger partial charge in [0, 0.05) is 0 Å². The van der Waals surface area contributed by atoms with Gasteiger partial charge in [-0.15, -0.1) is 0 Å². The summed E-state index contributed by atoms with van der Waals surface area (Å²) in [7, 11) is 0. The molecule has 0 spiro atoms. The average molecular weight is 299 g/mol. The Morgan fingerprint density at radius 2 is 2.18 bits per heavy atom. The molecule has 0 amide bonds. The van der Waals surface area contributed by atoms with Crippen molar-refractivity contribution in [3.8, 4) is 6.07 Å². The minimum Gasteiger partial charge on any atom is -0.298 e. The van der Waals surface area contributed by atoms with Crippen LogP contribution in [-0.2, 0) is 0 Å². The summed E-state index contributed by atoms with van der Waals surface area (Å²) in [6, 6.07) is 6.45. The van der Waals surface area contributed by atoms with Gasteiger partial charge in [-0.2, -0.15) is 5.26 Å². The molecule has 0 aromatic heterocycles. The lowest BCUT2D eigenvalue weighted by molar-refractivity contribution is 0.518. The van der Waals surface area contributed by atoms with Crippen molar-refractivity contribution in [3.05, 3.63) is 34.1 Å². The summed E-state index contributed by atoms with van der Waals surface area (Å²) in [5.41, 5.74) is 0.782. The van der Waals surface area contributed by atoms with E-state index < -0.39 is 0 Å². The Balaban J connectivity index is 2.67. The van der Waals surface area contributed by atoms with E-state index in [9.17, 15) is 4.39 Å². The van der Waals surface area contributed by atoms with Crippen LogP contribution in [0.2, 0.25) is 0 Å². The predicted octanol–water partition coefficient (Wildman–Crippen LogP) is 3.79. The zero-order chi connectivity index (χ0) is 12.8. The van der Waals surface area contributed by atoms with Gasteiger partial charge in [-0.1, -0.05) is 19.9 Å². The molecule has 1 atom stereocenters. The zero-order valence-electron chi connectivity index (χ0n) is 10.0. The summed E-state index contributed by atoms with van der Waals surface area (Å²) in [6.07, 6.45) is 1.01. The Hall–Kier alpha value is -0.920. The molecule has 92 valence electrons. The number of halogens is 2. The molecule has 4 heteroatoms. The smallest absolute Gasteiger partial charge is 0.137 e. The fourth-order valence-electron chi connectivity index (χ4n) is 1.45. The van der Waals surface area contributed by atoms with Crippen LogP contribution in [0.4, 0.5) is 4.39 Å². The first kappa shape index (κ1) is 14.1. The normalized spacial score (nSPS) is 12.5. The molecule has 0 fully saturated rings. The van der Waals surface area contributed by atoms with Gasteiger partial charge in [-0.3, -0.25) is 5.32 Å². The summed E-state index contributed by atoms with van der Waals surface area (Å²) in [4.78, 5) is 0. The van der Waals surface area contributed by atoms with E-state index in [1.807, 2.05) is 0 Å². The Bertz CT molecular complexity index is 412. The Kier molecular flexibility index (Phi) is 5.60. The summed E-state index contributed by atoms with van der Waals surface area (Å²) < 4.78 is 13.5. The van der Waals surface area contributed by atoms with Crippen molar-refractivity contribution in [2.75, 3.05) is 6.54 Å². The van der Waals surface area contributed by atoms with Crippen molar-refractivity contribution < 1.29 is 4.39 Å². The van der Waals surface area contributed by atoms with Crippen LogP contribution in [0.25, 0.3) is 0 Å². The number of hydrogen-bond donors (Lipinski definition) is 1. The zero-order valence-corrected chi connectivity index (χ0v) is 11.6. The maximum Gasteiger partial charge on any atom is 0.137 e. The van der Waals surface area contributed by atoms with Gasteiger partial charge in [0.1, 0.15) is 11.9 Å². The van der Waals surface area contributed by atoms with Crippen molar-refractivity contribution in [1.29, 1.82) is 5.26 Å². The molecule has 1 aromatic carbocycles. The van der Waals surface area contributed by atoms with Crippen molar-refractivity contribution in [3.63, 3.8) is 0 Å². The Labute approximate surface area is 110 Å². The van der Waals surface area contributed by atoms with Crippen molar-refractivity contribution in [2.45, 2.75) is 26.3 Å². The third-order valence-electron chi connectivity index (χ3n) is 2.48. The van der Waals surface area contributed by atoms with E-state index in [1.165, 1.54) is 6.07 Å². The molecule has 0 aliphatic heterocycles. The number of hydrogen-bond acceptors (Lipinski definition) is 2. The van der Waals surface area contributed by atoms with E-state index in [4.69, 9.17) is 5.26 Å². The highest BCUT2D eigenvalue weighted by Gasteiger charge is 2.11. The van der Waals surface area contributed by atoms with E-state index in [0.717, 1.165) is 18.5 Å². The molecule has 0 aliphatic rings. The van der Waals surface area contributed by atoms with E-state index in [1.54, 1.807) is 12.1 Å². The minimum atomic E-state index is -0.384. The molecule has 2 nitrogen and oxygen atoms in total. The van der Waals surface area contributed by atoms with Crippen LogP contribution in [0.3, 0.4) is 0 Å². The molecule has 1 N–H and O–H groups in total. The molecule has 1 aromatic rings. The molecule has 0 saturated heterocycles. The van der Waals surface area contributed by atoms with Gasteiger partial charge in [0.2, 0.25) is 0 Å². The summed E-state index contributed by atoms with van der Waals surface area (Å²) >= 11 is 3.12. The van der Waals surface area contributed by atoms with Crippen molar-refractivity contribution >= 4 is 15.9 Å². The fourth-order valence-corrected chi connectivity index (χ4v) is 1.84. The molecule has 1 rings (SSSR count). The van der Waals surface area contributed by atoms with Gasteiger partial charge < -0.3 is 0 Å². The van der Waals surface area contributed by atoms with Gasteiger partial charge in [0.05, 0.1) is 10.5 Å². The summed E-state index contributed by atoms with van der Waals surface area (Å²) in [5, 5.41) is 12.2. The highest BCUT2D eigenvalue weighted by Crippen LogP contribution is 2.21. The van der Waals surface area contributed by atoms with E-state index in [0.29, 0.717) is 10.4 Å².